The first kappa shape index (κ1) is 14.4. The molecule has 0 heteroatoms. The molecule has 5 aliphatic carbocycles. The molecule has 5 aliphatic rings. The monoisotopic (exact) mass is 300 g/mol. The molecular weight excluding hydrogens is 264 g/mol. The van der Waals surface area contributed by atoms with Crippen molar-refractivity contribution in [1.82, 2.24) is 0 Å². The summed E-state index contributed by atoms with van der Waals surface area (Å²) in [6.07, 6.45) is 19.0. The Morgan fingerprint density at radius 2 is 1.50 bits per heavy atom. The summed E-state index contributed by atoms with van der Waals surface area (Å²) in [6, 6.07) is 0. The highest BCUT2D eigenvalue weighted by atomic mass is 14.7. The number of hydrogen-bond acceptors (Lipinski definition) is 0. The maximum atomic E-state index is 2.78. The second-order valence-electron chi connectivity index (χ2n) is 10.3. The normalized spacial score (nSPS) is 60.3. The van der Waals surface area contributed by atoms with Crippen molar-refractivity contribution in [3.63, 3.8) is 0 Å². The molecule has 5 saturated carbocycles. The van der Waals surface area contributed by atoms with E-state index in [1.54, 1.807) is 77.0 Å². The average molecular weight is 301 g/mol. The smallest absolute Gasteiger partial charge is 0.0210 e. The van der Waals surface area contributed by atoms with Crippen LogP contribution < -0.4 is 0 Å². The molecule has 0 heterocycles. The van der Waals surface area contributed by atoms with Crippen molar-refractivity contribution in [1.29, 1.82) is 0 Å². The van der Waals surface area contributed by atoms with Crippen LogP contribution in [0.5, 0.6) is 0 Å². The maximum absolute atomic E-state index is 2.78. The van der Waals surface area contributed by atoms with Crippen molar-refractivity contribution in [2.45, 2.75) is 90.9 Å². The van der Waals surface area contributed by atoms with Crippen molar-refractivity contribution < 1.29 is 0 Å². The van der Waals surface area contributed by atoms with E-state index in [0.717, 1.165) is 46.3 Å². The third kappa shape index (κ3) is 1.61. The fourth-order valence-corrected chi connectivity index (χ4v) is 9.24. The van der Waals surface area contributed by atoms with Crippen molar-refractivity contribution in [3.05, 3.63) is 0 Å². The van der Waals surface area contributed by atoms with Gasteiger partial charge in [-0.25, -0.2) is 0 Å². The molecule has 1 spiro atoms. The van der Waals surface area contributed by atoms with Crippen LogP contribution in [0, 0.1) is 46.3 Å². The first-order valence-electron chi connectivity index (χ1n) is 10.7. The van der Waals surface area contributed by atoms with E-state index < -0.39 is 0 Å². The van der Waals surface area contributed by atoms with Crippen LogP contribution in [0.1, 0.15) is 90.9 Å². The molecule has 8 atom stereocenters. The number of rotatable bonds is 0. The highest BCUT2D eigenvalue weighted by Crippen LogP contribution is 2.75. The second kappa shape index (κ2) is 4.76. The Balaban J connectivity index is 1.49. The standard InChI is InChI=1S/C22H36/c1-15-9-13-22-14-10-18-17-6-4-3-5-16(17)7-8-20(18)21(22,2)12-11-19(15)22/h15-20H,3-14H2,1-2H3. The fraction of sp³-hybridized carbons (Fsp3) is 1.00. The van der Waals surface area contributed by atoms with Gasteiger partial charge in [-0.1, -0.05) is 33.1 Å². The van der Waals surface area contributed by atoms with Crippen LogP contribution in [-0.4, -0.2) is 0 Å². The van der Waals surface area contributed by atoms with Gasteiger partial charge in [0.2, 0.25) is 0 Å². The molecule has 0 aromatic carbocycles. The van der Waals surface area contributed by atoms with E-state index in [1.807, 2.05) is 0 Å². The molecule has 8 unspecified atom stereocenters. The predicted octanol–water partition coefficient (Wildman–Crippen LogP) is 6.45. The average Bonchev–Trinajstić information content (AvgIpc) is 3.03. The topological polar surface area (TPSA) is 0 Å². The quantitative estimate of drug-likeness (QED) is 0.482. The largest absolute Gasteiger partial charge is 0.0622 e. The molecule has 124 valence electrons. The van der Waals surface area contributed by atoms with Gasteiger partial charge in [-0.05, 0) is 104 Å². The Bertz CT molecular complexity index is 453. The summed E-state index contributed by atoms with van der Waals surface area (Å²) in [4.78, 5) is 0. The van der Waals surface area contributed by atoms with Gasteiger partial charge in [-0.15, -0.1) is 0 Å². The van der Waals surface area contributed by atoms with Crippen molar-refractivity contribution in [2.75, 3.05) is 0 Å². The van der Waals surface area contributed by atoms with Crippen molar-refractivity contribution >= 4 is 0 Å². The van der Waals surface area contributed by atoms with Gasteiger partial charge in [0.25, 0.3) is 0 Å². The van der Waals surface area contributed by atoms with E-state index in [2.05, 4.69) is 13.8 Å². The summed E-state index contributed by atoms with van der Waals surface area (Å²) in [5.41, 5.74) is 1.52. The first-order valence-corrected chi connectivity index (χ1v) is 10.7. The van der Waals surface area contributed by atoms with Gasteiger partial charge in [0.1, 0.15) is 0 Å². The molecule has 5 rings (SSSR count). The zero-order chi connectivity index (χ0) is 14.9. The van der Waals surface area contributed by atoms with Gasteiger partial charge >= 0.3 is 0 Å². The highest BCUT2D eigenvalue weighted by molar-refractivity contribution is 5.16. The van der Waals surface area contributed by atoms with Crippen LogP contribution in [0.2, 0.25) is 0 Å². The minimum Gasteiger partial charge on any atom is -0.0622 e. The molecule has 0 radical (unpaired) electrons. The van der Waals surface area contributed by atoms with Crippen LogP contribution in [0.3, 0.4) is 0 Å². The zero-order valence-corrected chi connectivity index (χ0v) is 14.9. The number of fused-ring (bicyclic) bond motifs is 4. The Kier molecular flexibility index (Phi) is 3.11. The van der Waals surface area contributed by atoms with E-state index >= 15 is 0 Å². The van der Waals surface area contributed by atoms with Crippen molar-refractivity contribution in [2.24, 2.45) is 46.3 Å². The molecule has 0 aliphatic heterocycles. The molecule has 0 saturated heterocycles. The third-order valence-corrected chi connectivity index (χ3v) is 10.2. The van der Waals surface area contributed by atoms with Gasteiger partial charge in [0.05, 0.1) is 0 Å². The Labute approximate surface area is 137 Å². The van der Waals surface area contributed by atoms with Crippen LogP contribution in [-0.2, 0) is 0 Å². The molecule has 22 heavy (non-hydrogen) atoms. The summed E-state index contributed by atoms with van der Waals surface area (Å²) >= 11 is 0. The minimum absolute atomic E-state index is 0.730. The SMILES string of the molecule is CC1CCC23CCC4C5CCCCC5CCC4C2(C)CCC13. The summed E-state index contributed by atoms with van der Waals surface area (Å²) in [5, 5.41) is 0. The van der Waals surface area contributed by atoms with Gasteiger partial charge in [0, 0.05) is 0 Å². The van der Waals surface area contributed by atoms with E-state index in [4.69, 9.17) is 0 Å². The predicted molar refractivity (Wildman–Crippen MR) is 92.6 cm³/mol. The second-order valence-corrected chi connectivity index (χ2v) is 10.3. The van der Waals surface area contributed by atoms with Crippen molar-refractivity contribution in [3.8, 4) is 0 Å². The number of hydrogen-bond donors (Lipinski definition) is 0. The molecule has 0 N–H and O–H groups in total. The van der Waals surface area contributed by atoms with Crippen LogP contribution >= 0.6 is 0 Å². The van der Waals surface area contributed by atoms with Gasteiger partial charge < -0.3 is 0 Å². The highest BCUT2D eigenvalue weighted by Gasteiger charge is 2.67. The summed E-state index contributed by atoms with van der Waals surface area (Å²) < 4.78 is 0. The fourth-order valence-electron chi connectivity index (χ4n) is 9.24. The molecule has 0 aromatic heterocycles. The van der Waals surface area contributed by atoms with Gasteiger partial charge in [-0.3, -0.25) is 0 Å². The Morgan fingerprint density at radius 1 is 0.682 bits per heavy atom. The van der Waals surface area contributed by atoms with E-state index in [0.29, 0.717) is 0 Å². The summed E-state index contributed by atoms with van der Waals surface area (Å²) in [7, 11) is 0. The zero-order valence-electron chi connectivity index (χ0n) is 14.9. The lowest BCUT2D eigenvalue weighted by Crippen LogP contribution is -2.53. The van der Waals surface area contributed by atoms with Crippen LogP contribution in [0.25, 0.3) is 0 Å². The molecule has 5 fully saturated rings. The lowest BCUT2D eigenvalue weighted by Gasteiger charge is -2.61. The maximum Gasteiger partial charge on any atom is -0.0210 e. The first-order chi connectivity index (χ1) is 10.7. The summed E-state index contributed by atoms with van der Waals surface area (Å²) in [6.45, 7) is 5.36. The minimum atomic E-state index is 0.730. The Morgan fingerprint density at radius 3 is 2.41 bits per heavy atom. The molecular formula is C22H36. The summed E-state index contributed by atoms with van der Waals surface area (Å²) in [5.74, 6) is 6.64. The molecule has 0 bridgehead atoms. The van der Waals surface area contributed by atoms with Gasteiger partial charge in [-0.2, -0.15) is 0 Å². The van der Waals surface area contributed by atoms with Crippen LogP contribution in [0.4, 0.5) is 0 Å². The Hall–Kier alpha value is 0. The van der Waals surface area contributed by atoms with Crippen LogP contribution in [0.15, 0.2) is 0 Å². The van der Waals surface area contributed by atoms with E-state index in [9.17, 15) is 0 Å². The van der Waals surface area contributed by atoms with Gasteiger partial charge in [0.15, 0.2) is 0 Å². The van der Waals surface area contributed by atoms with E-state index in [1.165, 1.54) is 0 Å². The lowest BCUT2D eigenvalue weighted by molar-refractivity contribution is -0.121. The third-order valence-electron chi connectivity index (χ3n) is 10.2. The molecule has 0 nitrogen and oxygen atoms in total. The molecule has 0 amide bonds. The lowest BCUT2D eigenvalue weighted by atomic mass is 9.44. The van der Waals surface area contributed by atoms with E-state index in [-0.39, 0.29) is 0 Å². The molecule has 0 aromatic rings.